The minimum absolute atomic E-state index is 0.649. The van der Waals surface area contributed by atoms with Gasteiger partial charge in [-0.15, -0.1) is 0 Å². The Bertz CT molecular complexity index is 96.1. The average Bonchev–Trinajstić information content (AvgIpc) is 2.16. The highest BCUT2D eigenvalue weighted by atomic mass is 32.2. The van der Waals surface area contributed by atoms with Crippen molar-refractivity contribution in [1.29, 1.82) is 0 Å². The number of nitrogens with two attached hydrogens (primary N) is 1. The summed E-state index contributed by atoms with van der Waals surface area (Å²) in [5, 5.41) is 0.649. The predicted octanol–water partition coefficient (Wildman–Crippen LogP) is 3.43. The fourth-order valence-corrected chi connectivity index (χ4v) is 2.14. The molecule has 0 aromatic rings. The topological polar surface area (TPSA) is 26.0 Å². The van der Waals surface area contributed by atoms with Crippen LogP contribution in [0.5, 0.6) is 0 Å². The van der Waals surface area contributed by atoms with Crippen molar-refractivity contribution in [2.75, 3.05) is 12.3 Å². The van der Waals surface area contributed by atoms with Gasteiger partial charge in [0.25, 0.3) is 0 Å². The summed E-state index contributed by atoms with van der Waals surface area (Å²) in [7, 11) is 0. The quantitative estimate of drug-likeness (QED) is 0.581. The molecule has 2 N–H and O–H groups in total. The molecule has 0 amide bonds. The first-order valence-electron chi connectivity index (χ1n) is 5.63. The molecule has 1 unspecified atom stereocenters. The smallest absolute Gasteiger partial charge is 0.0141 e. The molecule has 2 heteroatoms. The summed E-state index contributed by atoms with van der Waals surface area (Å²) in [5.41, 5.74) is 5.53. The number of unbranched alkanes of at least 4 members (excludes halogenated alkanes) is 5. The molecule has 0 aliphatic heterocycles. The second-order valence-electron chi connectivity index (χ2n) is 3.68. The molecule has 80 valence electrons. The van der Waals surface area contributed by atoms with Gasteiger partial charge in [-0.2, -0.15) is 11.8 Å². The fraction of sp³-hybridized carbons (Fsp3) is 1.00. The maximum Gasteiger partial charge on any atom is 0.0141 e. The molecule has 0 heterocycles. The zero-order chi connectivity index (χ0) is 9.94. The van der Waals surface area contributed by atoms with E-state index in [9.17, 15) is 0 Å². The Labute approximate surface area is 87.9 Å². The van der Waals surface area contributed by atoms with Gasteiger partial charge in [0.2, 0.25) is 0 Å². The molecule has 1 nitrogen and oxygen atoms in total. The van der Waals surface area contributed by atoms with E-state index in [4.69, 9.17) is 5.73 Å². The van der Waals surface area contributed by atoms with E-state index in [-0.39, 0.29) is 0 Å². The van der Waals surface area contributed by atoms with E-state index < -0.39 is 0 Å². The van der Waals surface area contributed by atoms with Crippen LogP contribution in [-0.2, 0) is 0 Å². The van der Waals surface area contributed by atoms with Gasteiger partial charge in [-0.25, -0.2) is 0 Å². The van der Waals surface area contributed by atoms with Gasteiger partial charge in [0, 0.05) is 11.8 Å². The molecule has 1 atom stereocenters. The Kier molecular flexibility index (Phi) is 10.6. The minimum Gasteiger partial charge on any atom is -0.329 e. The maximum atomic E-state index is 5.53. The first kappa shape index (κ1) is 13.3. The molecule has 0 saturated carbocycles. The van der Waals surface area contributed by atoms with E-state index in [0.29, 0.717) is 5.25 Å². The van der Waals surface area contributed by atoms with Crippen molar-refractivity contribution in [2.24, 2.45) is 5.73 Å². The van der Waals surface area contributed by atoms with E-state index in [1.54, 1.807) is 0 Å². The van der Waals surface area contributed by atoms with Crippen LogP contribution in [0.2, 0.25) is 0 Å². The van der Waals surface area contributed by atoms with Crippen LogP contribution in [0.15, 0.2) is 0 Å². The van der Waals surface area contributed by atoms with Gasteiger partial charge >= 0.3 is 0 Å². The number of rotatable bonds is 9. The second kappa shape index (κ2) is 10.4. The summed E-state index contributed by atoms with van der Waals surface area (Å²) >= 11 is 2.02. The highest BCUT2D eigenvalue weighted by Crippen LogP contribution is 2.13. The molecule has 13 heavy (non-hydrogen) atoms. The lowest BCUT2D eigenvalue weighted by Crippen LogP contribution is -2.12. The molecule has 0 aromatic heterocycles. The molecule has 0 rings (SSSR count). The van der Waals surface area contributed by atoms with Crippen LogP contribution in [0.1, 0.15) is 52.4 Å². The normalized spacial score (nSPS) is 13.2. The van der Waals surface area contributed by atoms with Crippen molar-refractivity contribution in [3.8, 4) is 0 Å². The number of hydrogen-bond donors (Lipinski definition) is 1. The summed E-state index contributed by atoms with van der Waals surface area (Å²) in [4.78, 5) is 0. The average molecular weight is 203 g/mol. The lowest BCUT2D eigenvalue weighted by molar-refractivity contribution is 0.626. The summed E-state index contributed by atoms with van der Waals surface area (Å²) in [6.07, 6.45) is 8.38. The van der Waals surface area contributed by atoms with Gasteiger partial charge < -0.3 is 5.73 Å². The third-order valence-corrected chi connectivity index (χ3v) is 3.52. The highest BCUT2D eigenvalue weighted by Gasteiger charge is 1.97. The first-order chi connectivity index (χ1) is 6.31. The van der Waals surface area contributed by atoms with E-state index in [1.165, 1.54) is 44.3 Å². The Morgan fingerprint density at radius 3 is 2.31 bits per heavy atom. The van der Waals surface area contributed by atoms with Crippen LogP contribution >= 0.6 is 11.8 Å². The van der Waals surface area contributed by atoms with Gasteiger partial charge in [-0.1, -0.05) is 46.0 Å². The summed E-state index contributed by atoms with van der Waals surface area (Å²) < 4.78 is 0. The lowest BCUT2D eigenvalue weighted by Gasteiger charge is -2.07. The van der Waals surface area contributed by atoms with Crippen LogP contribution in [-0.4, -0.2) is 17.5 Å². The summed E-state index contributed by atoms with van der Waals surface area (Å²) in [6, 6.07) is 0. The van der Waals surface area contributed by atoms with Crippen LogP contribution in [0.25, 0.3) is 0 Å². The zero-order valence-electron chi connectivity index (χ0n) is 9.22. The third kappa shape index (κ3) is 10.2. The fourth-order valence-electron chi connectivity index (χ4n) is 1.23. The van der Waals surface area contributed by atoms with Gasteiger partial charge in [-0.05, 0) is 12.2 Å². The van der Waals surface area contributed by atoms with Crippen molar-refractivity contribution in [3.05, 3.63) is 0 Å². The van der Waals surface area contributed by atoms with E-state index >= 15 is 0 Å². The molecule has 0 aromatic carbocycles. The second-order valence-corrected chi connectivity index (χ2v) is 5.23. The molecular formula is C11H25NS. The zero-order valence-corrected chi connectivity index (χ0v) is 10.0. The monoisotopic (exact) mass is 203 g/mol. The molecule has 0 aliphatic rings. The van der Waals surface area contributed by atoms with Crippen molar-refractivity contribution in [1.82, 2.24) is 0 Å². The standard InChI is InChI=1S/C11H25NS/c1-3-4-5-6-7-8-9-13-11(2)10-12/h11H,3-10,12H2,1-2H3. The number of thioether (sulfide) groups is 1. The van der Waals surface area contributed by atoms with Crippen molar-refractivity contribution in [2.45, 2.75) is 57.6 Å². The Hall–Kier alpha value is 0.310. The third-order valence-electron chi connectivity index (χ3n) is 2.23. The molecule has 0 fully saturated rings. The van der Waals surface area contributed by atoms with E-state index in [0.717, 1.165) is 6.54 Å². The molecular weight excluding hydrogens is 178 g/mol. The number of hydrogen-bond acceptors (Lipinski definition) is 2. The molecule has 0 bridgehead atoms. The molecule has 0 aliphatic carbocycles. The van der Waals surface area contributed by atoms with Crippen molar-refractivity contribution >= 4 is 11.8 Å². The molecule has 0 saturated heterocycles. The minimum atomic E-state index is 0.649. The first-order valence-corrected chi connectivity index (χ1v) is 6.67. The largest absolute Gasteiger partial charge is 0.329 e. The van der Waals surface area contributed by atoms with Crippen LogP contribution in [0, 0.1) is 0 Å². The SMILES string of the molecule is CCCCCCCCSC(C)CN. The predicted molar refractivity (Wildman–Crippen MR) is 64.4 cm³/mol. The van der Waals surface area contributed by atoms with Crippen LogP contribution in [0.4, 0.5) is 0 Å². The maximum absolute atomic E-state index is 5.53. The van der Waals surface area contributed by atoms with Crippen molar-refractivity contribution in [3.63, 3.8) is 0 Å². The Morgan fingerprint density at radius 1 is 1.08 bits per heavy atom. The van der Waals surface area contributed by atoms with Gasteiger partial charge in [0.15, 0.2) is 0 Å². The molecule has 0 radical (unpaired) electrons. The van der Waals surface area contributed by atoms with Crippen LogP contribution < -0.4 is 5.73 Å². The van der Waals surface area contributed by atoms with Gasteiger partial charge in [0.05, 0.1) is 0 Å². The van der Waals surface area contributed by atoms with E-state index in [1.807, 2.05) is 11.8 Å². The Morgan fingerprint density at radius 2 is 1.69 bits per heavy atom. The molecule has 0 spiro atoms. The van der Waals surface area contributed by atoms with Gasteiger partial charge in [0.1, 0.15) is 0 Å². The summed E-state index contributed by atoms with van der Waals surface area (Å²) in [5.74, 6) is 1.30. The van der Waals surface area contributed by atoms with Crippen molar-refractivity contribution < 1.29 is 0 Å². The lowest BCUT2D eigenvalue weighted by atomic mass is 10.1. The summed E-state index contributed by atoms with van der Waals surface area (Å²) in [6.45, 7) is 5.29. The Balaban J connectivity index is 2.91. The van der Waals surface area contributed by atoms with E-state index in [2.05, 4.69) is 13.8 Å². The highest BCUT2D eigenvalue weighted by molar-refractivity contribution is 7.99. The van der Waals surface area contributed by atoms with Gasteiger partial charge in [-0.3, -0.25) is 0 Å². The van der Waals surface area contributed by atoms with Crippen LogP contribution in [0.3, 0.4) is 0 Å².